The van der Waals surface area contributed by atoms with E-state index in [4.69, 9.17) is 4.74 Å². The molecule has 1 saturated heterocycles. The van der Waals surface area contributed by atoms with Crippen molar-refractivity contribution in [3.63, 3.8) is 0 Å². The molecule has 192 valence electrons. The summed E-state index contributed by atoms with van der Waals surface area (Å²) in [5.41, 5.74) is -0.556. The summed E-state index contributed by atoms with van der Waals surface area (Å²) in [6, 6.07) is 4.51. The van der Waals surface area contributed by atoms with Crippen molar-refractivity contribution in [3.8, 4) is 11.4 Å². The van der Waals surface area contributed by atoms with Gasteiger partial charge >= 0.3 is 18.2 Å². The number of aromatic amines is 1. The molecule has 0 saturated carbocycles. The van der Waals surface area contributed by atoms with Gasteiger partial charge in [0.1, 0.15) is 5.60 Å². The van der Waals surface area contributed by atoms with E-state index in [1.807, 2.05) is 4.90 Å². The van der Waals surface area contributed by atoms with Crippen LogP contribution >= 0.6 is 0 Å². The second-order valence-corrected chi connectivity index (χ2v) is 9.31. The van der Waals surface area contributed by atoms with E-state index in [1.54, 1.807) is 25.7 Å². The number of amides is 1. The van der Waals surface area contributed by atoms with E-state index < -0.39 is 23.3 Å². The van der Waals surface area contributed by atoms with Gasteiger partial charge in [-0.05, 0) is 55.0 Å². The third kappa shape index (κ3) is 5.87. The minimum absolute atomic E-state index is 0.0358. The lowest BCUT2D eigenvalue weighted by Crippen LogP contribution is -2.49. The lowest BCUT2D eigenvalue weighted by Gasteiger charge is -2.34. The maximum atomic E-state index is 13.2. The van der Waals surface area contributed by atoms with E-state index in [2.05, 4.69) is 25.7 Å². The van der Waals surface area contributed by atoms with Gasteiger partial charge in [-0.15, -0.1) is 5.10 Å². The second kappa shape index (κ2) is 9.68. The Labute approximate surface area is 204 Å². The molecule has 3 aromatic rings. The number of tetrazole rings is 1. The average molecular weight is 506 g/mol. The number of nitrogens with one attached hydrogen (secondary N) is 1. The van der Waals surface area contributed by atoms with Gasteiger partial charge in [0.25, 0.3) is 0 Å². The van der Waals surface area contributed by atoms with Gasteiger partial charge in [0.05, 0.1) is 5.56 Å². The van der Waals surface area contributed by atoms with Gasteiger partial charge in [0.2, 0.25) is 0 Å². The summed E-state index contributed by atoms with van der Waals surface area (Å²) < 4.78 is 46.1. The summed E-state index contributed by atoms with van der Waals surface area (Å²) in [5, 5.41) is 17.3. The molecule has 1 amide bonds. The van der Waals surface area contributed by atoms with Crippen molar-refractivity contribution >= 4 is 12.0 Å². The van der Waals surface area contributed by atoms with Crippen LogP contribution in [0.3, 0.4) is 0 Å². The number of H-pyrrole nitrogens is 1. The summed E-state index contributed by atoms with van der Waals surface area (Å²) in [7, 11) is 0. The van der Waals surface area contributed by atoms with Crippen molar-refractivity contribution in [2.45, 2.75) is 39.1 Å². The molecule has 0 atom stereocenters. The minimum Gasteiger partial charge on any atom is -0.455 e. The van der Waals surface area contributed by atoms with Crippen molar-refractivity contribution in [2.75, 3.05) is 26.2 Å². The monoisotopic (exact) mass is 506 g/mol. The number of ether oxygens (including phenoxy) is 1. The van der Waals surface area contributed by atoms with Gasteiger partial charge in [-0.3, -0.25) is 4.90 Å². The smallest absolute Gasteiger partial charge is 0.416 e. The molecule has 2 aromatic heterocycles. The third-order valence-electron chi connectivity index (χ3n) is 5.47. The van der Waals surface area contributed by atoms with Crippen molar-refractivity contribution in [1.29, 1.82) is 0 Å². The Hall–Kier alpha value is -3.81. The fourth-order valence-electron chi connectivity index (χ4n) is 3.74. The summed E-state index contributed by atoms with van der Waals surface area (Å²) in [5.74, 6) is -0.474. The fraction of sp³-hybridized carbons (Fsp3) is 0.455. The molecule has 14 heteroatoms. The molecule has 4 rings (SSSR count). The first-order valence-corrected chi connectivity index (χ1v) is 11.2. The van der Waals surface area contributed by atoms with E-state index in [0.717, 1.165) is 16.8 Å². The molecule has 1 aliphatic rings. The first-order valence-electron chi connectivity index (χ1n) is 11.2. The summed E-state index contributed by atoms with van der Waals surface area (Å²) >= 11 is 0. The SMILES string of the molecule is CC(C)(C)OC(=O)c1ccn(C(=O)N2CCN(Cc3ccc(C(F)(F)F)cc3-c3nnn[nH]3)CC2)n1. The number of piperazine rings is 1. The van der Waals surface area contributed by atoms with Crippen LogP contribution in [0.5, 0.6) is 0 Å². The number of esters is 1. The van der Waals surface area contributed by atoms with Gasteiger partial charge < -0.3 is 9.64 Å². The largest absolute Gasteiger partial charge is 0.455 e. The van der Waals surface area contributed by atoms with Crippen LogP contribution in [0, 0.1) is 0 Å². The van der Waals surface area contributed by atoms with Crippen LogP contribution in [-0.2, 0) is 17.5 Å². The molecule has 1 N–H and O–H groups in total. The minimum atomic E-state index is -4.50. The van der Waals surface area contributed by atoms with Crippen LogP contribution in [-0.4, -0.2) is 84.0 Å². The fourth-order valence-corrected chi connectivity index (χ4v) is 3.74. The van der Waals surface area contributed by atoms with Gasteiger partial charge in [0.15, 0.2) is 11.5 Å². The summed E-state index contributed by atoms with van der Waals surface area (Å²) in [6.45, 7) is 7.29. The predicted molar refractivity (Wildman–Crippen MR) is 120 cm³/mol. The van der Waals surface area contributed by atoms with E-state index in [-0.39, 0.29) is 23.1 Å². The highest BCUT2D eigenvalue weighted by Gasteiger charge is 2.32. The third-order valence-corrected chi connectivity index (χ3v) is 5.47. The predicted octanol–water partition coefficient (Wildman–Crippen LogP) is 2.82. The van der Waals surface area contributed by atoms with Gasteiger partial charge in [0, 0.05) is 44.5 Å². The lowest BCUT2D eigenvalue weighted by atomic mass is 10.0. The van der Waals surface area contributed by atoms with E-state index in [1.165, 1.54) is 18.3 Å². The van der Waals surface area contributed by atoms with Crippen molar-refractivity contribution in [1.82, 2.24) is 40.2 Å². The standard InChI is InChI=1S/C22H25F3N8O3/c1-21(2,3)36-19(34)17-6-7-33(28-17)20(35)32-10-8-31(9-11-32)13-14-4-5-15(22(23,24)25)12-16(14)18-26-29-30-27-18/h4-7,12H,8-11,13H2,1-3H3,(H,26,27,29,30). The Morgan fingerprint density at radius 2 is 1.81 bits per heavy atom. The second-order valence-electron chi connectivity index (χ2n) is 9.31. The molecular weight excluding hydrogens is 481 g/mol. The van der Waals surface area contributed by atoms with Gasteiger partial charge in [-0.2, -0.15) is 23.0 Å². The first kappa shape index (κ1) is 25.3. The number of carbonyl (C=O) groups is 2. The Morgan fingerprint density at radius 3 is 2.42 bits per heavy atom. The van der Waals surface area contributed by atoms with Crippen molar-refractivity contribution < 1.29 is 27.5 Å². The maximum Gasteiger partial charge on any atom is 0.416 e. The van der Waals surface area contributed by atoms with E-state index in [9.17, 15) is 22.8 Å². The lowest BCUT2D eigenvalue weighted by molar-refractivity contribution is -0.137. The Morgan fingerprint density at radius 1 is 1.08 bits per heavy atom. The Kier molecular flexibility index (Phi) is 6.80. The average Bonchev–Trinajstić information content (AvgIpc) is 3.50. The number of nitrogens with zero attached hydrogens (tertiary/aromatic N) is 7. The molecule has 36 heavy (non-hydrogen) atoms. The molecular formula is C22H25F3N8O3. The topological polar surface area (TPSA) is 122 Å². The highest BCUT2D eigenvalue weighted by atomic mass is 19.4. The summed E-state index contributed by atoms with van der Waals surface area (Å²) in [6.07, 6.45) is -3.09. The maximum absolute atomic E-state index is 13.2. The number of rotatable bonds is 4. The number of hydrogen-bond donors (Lipinski definition) is 1. The zero-order valence-electron chi connectivity index (χ0n) is 19.9. The molecule has 1 aromatic carbocycles. The molecule has 1 aliphatic heterocycles. The van der Waals surface area contributed by atoms with Crippen LogP contribution in [0.2, 0.25) is 0 Å². The number of halogens is 3. The van der Waals surface area contributed by atoms with Crippen LogP contribution in [0.25, 0.3) is 11.4 Å². The zero-order chi connectivity index (χ0) is 26.1. The molecule has 0 radical (unpaired) electrons. The van der Waals surface area contributed by atoms with E-state index in [0.29, 0.717) is 38.3 Å². The van der Waals surface area contributed by atoms with Crippen LogP contribution in [0.1, 0.15) is 42.4 Å². The number of benzene rings is 1. The van der Waals surface area contributed by atoms with E-state index >= 15 is 0 Å². The van der Waals surface area contributed by atoms with Gasteiger partial charge in [-0.25, -0.2) is 14.7 Å². The Bertz CT molecular complexity index is 1230. The normalized spacial score (nSPS) is 15.2. The Balaban J connectivity index is 1.40. The first-order chi connectivity index (χ1) is 16.9. The molecule has 3 heterocycles. The molecule has 11 nitrogen and oxygen atoms in total. The van der Waals surface area contributed by atoms with Crippen LogP contribution in [0.4, 0.5) is 18.0 Å². The zero-order valence-corrected chi connectivity index (χ0v) is 19.9. The quantitative estimate of drug-likeness (QED) is 0.536. The number of carbonyl (C=O) groups excluding carboxylic acids is 2. The van der Waals surface area contributed by atoms with Gasteiger partial charge in [-0.1, -0.05) is 6.07 Å². The highest BCUT2D eigenvalue weighted by Crippen LogP contribution is 2.33. The molecule has 0 bridgehead atoms. The molecule has 0 aliphatic carbocycles. The van der Waals surface area contributed by atoms with Crippen molar-refractivity contribution in [2.24, 2.45) is 0 Å². The highest BCUT2D eigenvalue weighted by molar-refractivity contribution is 5.88. The van der Waals surface area contributed by atoms with Crippen LogP contribution in [0.15, 0.2) is 30.5 Å². The number of aromatic nitrogens is 6. The number of hydrogen-bond acceptors (Lipinski definition) is 8. The molecule has 0 unspecified atom stereocenters. The summed E-state index contributed by atoms with van der Waals surface area (Å²) in [4.78, 5) is 28.6. The van der Waals surface area contributed by atoms with Crippen molar-refractivity contribution in [3.05, 3.63) is 47.3 Å². The molecule has 1 fully saturated rings. The van der Waals surface area contributed by atoms with Crippen LogP contribution < -0.4 is 0 Å². The molecule has 0 spiro atoms. The number of alkyl halides is 3.